The second-order valence-corrected chi connectivity index (χ2v) is 10.1. The molecule has 2 fully saturated rings. The molecule has 1 aromatic heterocycles. The molecule has 1 atom stereocenters. The lowest BCUT2D eigenvalue weighted by Crippen LogP contribution is -2.39. The van der Waals surface area contributed by atoms with E-state index in [2.05, 4.69) is 16.9 Å². The summed E-state index contributed by atoms with van der Waals surface area (Å²) < 4.78 is 27.3. The number of nitrogens with one attached hydrogen (secondary N) is 1. The largest absolute Gasteiger partial charge is 0.348 e. The van der Waals surface area contributed by atoms with Crippen molar-refractivity contribution in [3.8, 4) is 0 Å². The third kappa shape index (κ3) is 4.23. The van der Waals surface area contributed by atoms with Crippen LogP contribution in [0.2, 0.25) is 0 Å². The Labute approximate surface area is 172 Å². The maximum Gasteiger partial charge on any atom is 0.253 e. The van der Waals surface area contributed by atoms with Crippen molar-refractivity contribution in [2.45, 2.75) is 43.4 Å². The number of nitrogens with zero attached hydrogens (tertiary/aromatic N) is 3. The van der Waals surface area contributed by atoms with Gasteiger partial charge in [0.1, 0.15) is 5.82 Å². The van der Waals surface area contributed by atoms with Crippen LogP contribution in [0.15, 0.2) is 41.6 Å². The minimum Gasteiger partial charge on any atom is -0.348 e. The number of aromatic nitrogens is 2. The molecule has 1 amide bonds. The lowest BCUT2D eigenvalue weighted by Gasteiger charge is -2.32. The van der Waals surface area contributed by atoms with Gasteiger partial charge in [0.2, 0.25) is 10.0 Å². The molecule has 4 rings (SSSR count). The van der Waals surface area contributed by atoms with Crippen LogP contribution in [-0.4, -0.2) is 59.7 Å². The standard InChI is InChI=1S/C21H28N4O3S/c1-16-8-13-25(14-9-16)29(27,28)19-6-4-17(5-7-19)21(26)24-12-2-3-18(15-24)20-22-10-11-23-20/h4-7,10-11,16,18H,2-3,8-9,12-15H2,1H3,(H,22,23). The van der Waals surface area contributed by atoms with Gasteiger partial charge in [-0.1, -0.05) is 6.92 Å². The number of hydrogen-bond donors (Lipinski definition) is 1. The predicted molar refractivity (Wildman–Crippen MR) is 110 cm³/mol. The monoisotopic (exact) mass is 416 g/mol. The second-order valence-electron chi connectivity index (χ2n) is 8.18. The molecule has 1 aromatic carbocycles. The number of aromatic amines is 1. The van der Waals surface area contributed by atoms with Gasteiger partial charge in [-0.15, -0.1) is 0 Å². The number of likely N-dealkylation sites (tertiary alicyclic amines) is 1. The Morgan fingerprint density at radius 1 is 1.10 bits per heavy atom. The summed E-state index contributed by atoms with van der Waals surface area (Å²) >= 11 is 0. The zero-order valence-electron chi connectivity index (χ0n) is 16.8. The Kier molecular flexibility index (Phi) is 5.74. The van der Waals surface area contributed by atoms with Gasteiger partial charge in [-0.2, -0.15) is 4.31 Å². The number of amides is 1. The summed E-state index contributed by atoms with van der Waals surface area (Å²) in [7, 11) is -3.50. The Bertz CT molecular complexity index is 933. The molecule has 1 unspecified atom stereocenters. The van der Waals surface area contributed by atoms with Gasteiger partial charge in [-0.05, 0) is 55.9 Å². The lowest BCUT2D eigenvalue weighted by molar-refractivity contribution is 0.0704. The number of piperidine rings is 2. The molecule has 29 heavy (non-hydrogen) atoms. The van der Waals surface area contributed by atoms with Gasteiger partial charge in [0, 0.05) is 50.1 Å². The second kappa shape index (κ2) is 8.28. The highest BCUT2D eigenvalue weighted by atomic mass is 32.2. The summed E-state index contributed by atoms with van der Waals surface area (Å²) in [4.78, 5) is 22.5. The highest BCUT2D eigenvalue weighted by Crippen LogP contribution is 2.27. The fourth-order valence-corrected chi connectivity index (χ4v) is 5.68. The molecular formula is C21H28N4O3S. The number of rotatable bonds is 4. The quantitative estimate of drug-likeness (QED) is 0.830. The molecule has 0 saturated carbocycles. The van der Waals surface area contributed by atoms with Gasteiger partial charge >= 0.3 is 0 Å². The molecule has 7 nitrogen and oxygen atoms in total. The molecule has 2 aromatic rings. The molecule has 0 spiro atoms. The number of carbonyl (C=O) groups is 1. The van der Waals surface area contributed by atoms with E-state index >= 15 is 0 Å². The van der Waals surface area contributed by atoms with Crippen molar-refractivity contribution in [3.63, 3.8) is 0 Å². The summed E-state index contributed by atoms with van der Waals surface area (Å²) in [6.45, 7) is 4.61. The summed E-state index contributed by atoms with van der Waals surface area (Å²) in [6.07, 6.45) is 7.25. The van der Waals surface area contributed by atoms with E-state index < -0.39 is 10.0 Å². The van der Waals surface area contributed by atoms with E-state index in [1.807, 2.05) is 4.90 Å². The number of sulfonamides is 1. The van der Waals surface area contributed by atoms with E-state index in [-0.39, 0.29) is 16.7 Å². The normalized spacial score (nSPS) is 22.0. The summed E-state index contributed by atoms with van der Waals surface area (Å²) in [5.74, 6) is 1.64. The lowest BCUT2D eigenvalue weighted by atomic mass is 9.96. The highest BCUT2D eigenvalue weighted by molar-refractivity contribution is 7.89. The molecule has 3 heterocycles. The number of carbonyl (C=O) groups excluding carboxylic acids is 1. The third-order valence-electron chi connectivity index (χ3n) is 6.10. The Morgan fingerprint density at radius 3 is 2.48 bits per heavy atom. The minimum absolute atomic E-state index is 0.0583. The van der Waals surface area contributed by atoms with Crippen molar-refractivity contribution in [2.75, 3.05) is 26.2 Å². The Hall–Kier alpha value is -2.19. The average Bonchev–Trinajstić information content (AvgIpc) is 3.29. The highest BCUT2D eigenvalue weighted by Gasteiger charge is 2.29. The van der Waals surface area contributed by atoms with Crippen LogP contribution in [0.4, 0.5) is 0 Å². The maximum atomic E-state index is 12.9. The zero-order valence-corrected chi connectivity index (χ0v) is 17.6. The SMILES string of the molecule is CC1CCN(S(=O)(=O)c2ccc(C(=O)N3CCCC(c4ncc[nH]4)C3)cc2)CC1. The van der Waals surface area contributed by atoms with Gasteiger partial charge in [-0.3, -0.25) is 4.79 Å². The van der Waals surface area contributed by atoms with Gasteiger partial charge < -0.3 is 9.88 Å². The molecule has 0 bridgehead atoms. The number of H-pyrrole nitrogens is 1. The smallest absolute Gasteiger partial charge is 0.253 e. The van der Waals surface area contributed by atoms with Gasteiger partial charge in [-0.25, -0.2) is 13.4 Å². The van der Waals surface area contributed by atoms with E-state index in [4.69, 9.17) is 0 Å². The Morgan fingerprint density at radius 2 is 1.83 bits per heavy atom. The first-order valence-electron chi connectivity index (χ1n) is 10.3. The van der Waals surface area contributed by atoms with Crippen molar-refractivity contribution < 1.29 is 13.2 Å². The first-order chi connectivity index (χ1) is 13.9. The summed E-state index contributed by atoms with van der Waals surface area (Å²) in [5, 5.41) is 0. The molecule has 0 aliphatic carbocycles. The van der Waals surface area contributed by atoms with Crippen molar-refractivity contribution in [1.82, 2.24) is 19.2 Å². The van der Waals surface area contributed by atoms with Gasteiger partial charge in [0.05, 0.1) is 4.90 Å². The molecule has 2 saturated heterocycles. The van der Waals surface area contributed by atoms with Crippen LogP contribution in [0.5, 0.6) is 0 Å². The van der Waals surface area contributed by atoms with Gasteiger partial charge in [0.15, 0.2) is 0 Å². The minimum atomic E-state index is -3.50. The molecule has 8 heteroatoms. The van der Waals surface area contributed by atoms with Crippen LogP contribution in [-0.2, 0) is 10.0 Å². The first-order valence-corrected chi connectivity index (χ1v) is 11.8. The average molecular weight is 417 g/mol. The molecular weight excluding hydrogens is 388 g/mol. The molecule has 2 aliphatic rings. The van der Waals surface area contributed by atoms with E-state index in [0.717, 1.165) is 31.5 Å². The topological polar surface area (TPSA) is 86.4 Å². The zero-order chi connectivity index (χ0) is 20.4. The number of imidazole rings is 1. The molecule has 156 valence electrons. The maximum absolute atomic E-state index is 12.9. The molecule has 1 N–H and O–H groups in total. The van der Waals surface area contributed by atoms with Crippen molar-refractivity contribution >= 4 is 15.9 Å². The summed E-state index contributed by atoms with van der Waals surface area (Å²) in [6, 6.07) is 6.40. The number of hydrogen-bond acceptors (Lipinski definition) is 4. The van der Waals surface area contributed by atoms with Crippen molar-refractivity contribution in [3.05, 3.63) is 48.0 Å². The van der Waals surface area contributed by atoms with E-state index in [1.165, 1.54) is 0 Å². The first kappa shape index (κ1) is 20.1. The summed E-state index contributed by atoms with van der Waals surface area (Å²) in [5.41, 5.74) is 0.524. The van der Waals surface area contributed by atoms with Crippen LogP contribution < -0.4 is 0 Å². The van der Waals surface area contributed by atoms with Crippen molar-refractivity contribution in [2.24, 2.45) is 5.92 Å². The van der Waals surface area contributed by atoms with E-state index in [0.29, 0.717) is 37.7 Å². The molecule has 2 aliphatic heterocycles. The predicted octanol–water partition coefficient (Wildman–Crippen LogP) is 2.85. The third-order valence-corrected chi connectivity index (χ3v) is 8.01. The van der Waals surface area contributed by atoms with Crippen LogP contribution in [0.25, 0.3) is 0 Å². The fraction of sp³-hybridized carbons (Fsp3) is 0.524. The molecule has 0 radical (unpaired) electrons. The fourth-order valence-electron chi connectivity index (χ4n) is 4.21. The number of benzene rings is 1. The van der Waals surface area contributed by atoms with Crippen LogP contribution >= 0.6 is 0 Å². The van der Waals surface area contributed by atoms with E-state index in [1.54, 1.807) is 41.0 Å². The van der Waals surface area contributed by atoms with Crippen LogP contribution in [0, 0.1) is 5.92 Å². The van der Waals surface area contributed by atoms with Crippen molar-refractivity contribution in [1.29, 1.82) is 0 Å². The van der Waals surface area contributed by atoms with Gasteiger partial charge in [0.25, 0.3) is 5.91 Å². The Balaban J connectivity index is 1.45. The van der Waals surface area contributed by atoms with Crippen LogP contribution in [0.1, 0.15) is 54.7 Å². The van der Waals surface area contributed by atoms with Crippen LogP contribution in [0.3, 0.4) is 0 Å². The van der Waals surface area contributed by atoms with E-state index in [9.17, 15) is 13.2 Å².